The van der Waals surface area contributed by atoms with Crippen LogP contribution in [0, 0.1) is 11.3 Å². The van der Waals surface area contributed by atoms with Gasteiger partial charge in [-0.1, -0.05) is 30.3 Å². The molecule has 0 saturated heterocycles. The Kier molecular flexibility index (Phi) is 3.83. The summed E-state index contributed by atoms with van der Waals surface area (Å²) in [5, 5.41) is 0. The lowest BCUT2D eigenvalue weighted by Gasteiger charge is -2.29. The number of amides is 1. The number of benzene rings is 1. The molecule has 0 aromatic heterocycles. The second-order valence-corrected chi connectivity index (χ2v) is 6.13. The zero-order valence-electron chi connectivity index (χ0n) is 13.2. The first-order valence-corrected chi connectivity index (χ1v) is 7.55. The first kappa shape index (κ1) is 15.5. The number of carbonyl (C=O) groups excluding carboxylic acids is 3. The van der Waals surface area contributed by atoms with Crippen molar-refractivity contribution in [1.29, 1.82) is 0 Å². The van der Waals surface area contributed by atoms with Crippen LogP contribution in [-0.4, -0.2) is 42.9 Å². The van der Waals surface area contributed by atoms with Gasteiger partial charge < -0.3 is 14.4 Å². The van der Waals surface area contributed by atoms with Crippen LogP contribution in [0.2, 0.25) is 0 Å². The van der Waals surface area contributed by atoms with Crippen molar-refractivity contribution in [1.82, 2.24) is 4.90 Å². The van der Waals surface area contributed by atoms with Gasteiger partial charge in [0, 0.05) is 19.4 Å². The zero-order chi connectivity index (χ0) is 16.6. The van der Waals surface area contributed by atoms with Crippen LogP contribution >= 0.6 is 0 Å². The van der Waals surface area contributed by atoms with E-state index in [1.54, 1.807) is 7.05 Å². The molecule has 1 aromatic rings. The van der Waals surface area contributed by atoms with Gasteiger partial charge in [-0.05, 0) is 12.0 Å². The molecular formula is C17H19NO5. The van der Waals surface area contributed by atoms with E-state index in [4.69, 9.17) is 9.47 Å². The Morgan fingerprint density at radius 2 is 2.00 bits per heavy atom. The topological polar surface area (TPSA) is 72.9 Å². The molecule has 2 aliphatic carbocycles. The van der Waals surface area contributed by atoms with Crippen molar-refractivity contribution in [3.63, 3.8) is 0 Å². The summed E-state index contributed by atoms with van der Waals surface area (Å²) < 4.78 is 10.1. The smallest absolute Gasteiger partial charge is 0.410 e. The number of nitrogens with zero attached hydrogens (tertiary/aromatic N) is 1. The lowest BCUT2D eigenvalue weighted by Crippen LogP contribution is -2.45. The first-order chi connectivity index (χ1) is 11.0. The second-order valence-electron chi connectivity index (χ2n) is 6.13. The minimum atomic E-state index is -0.869. The first-order valence-electron chi connectivity index (χ1n) is 7.55. The molecule has 0 aliphatic heterocycles. The minimum absolute atomic E-state index is 0.0168. The third-order valence-corrected chi connectivity index (χ3v) is 4.91. The number of carbonyl (C=O) groups is 3. The highest BCUT2D eigenvalue weighted by atomic mass is 16.6. The number of Topliss-reactive ketones (excluding diaryl/α,β-unsaturated/α-hetero) is 1. The van der Waals surface area contributed by atoms with Crippen molar-refractivity contribution < 1.29 is 23.9 Å². The molecule has 0 bridgehead atoms. The maximum atomic E-state index is 12.3. The van der Waals surface area contributed by atoms with Gasteiger partial charge in [-0.2, -0.15) is 0 Å². The van der Waals surface area contributed by atoms with Crippen molar-refractivity contribution in [2.45, 2.75) is 25.5 Å². The third-order valence-electron chi connectivity index (χ3n) is 4.91. The summed E-state index contributed by atoms with van der Waals surface area (Å²) in [6.07, 6.45) is 0.0957. The number of rotatable bonds is 4. The number of methoxy groups -OCH3 is 1. The Balaban J connectivity index is 1.67. The van der Waals surface area contributed by atoms with Crippen molar-refractivity contribution in [2.24, 2.45) is 11.3 Å². The van der Waals surface area contributed by atoms with Crippen LogP contribution in [0.25, 0.3) is 0 Å². The predicted octanol–water partition coefficient (Wildman–Crippen LogP) is 1.78. The van der Waals surface area contributed by atoms with Crippen molar-refractivity contribution >= 4 is 17.8 Å². The van der Waals surface area contributed by atoms with Crippen LogP contribution < -0.4 is 0 Å². The number of hydrogen-bond donors (Lipinski definition) is 0. The van der Waals surface area contributed by atoms with Gasteiger partial charge in [-0.15, -0.1) is 0 Å². The fraction of sp³-hybridized carbons (Fsp3) is 0.471. The molecule has 3 rings (SSSR count). The van der Waals surface area contributed by atoms with Gasteiger partial charge in [0.05, 0.1) is 18.6 Å². The number of hydrogen-bond acceptors (Lipinski definition) is 5. The quantitative estimate of drug-likeness (QED) is 0.791. The van der Waals surface area contributed by atoms with E-state index in [0.29, 0.717) is 6.42 Å². The molecule has 0 spiro atoms. The summed E-state index contributed by atoms with van der Waals surface area (Å²) in [5.74, 6) is -0.714. The Bertz CT molecular complexity index is 644. The van der Waals surface area contributed by atoms with E-state index < -0.39 is 23.5 Å². The Morgan fingerprint density at radius 3 is 2.61 bits per heavy atom. The number of ether oxygens (including phenoxy) is 2. The number of ketones is 1. The fourth-order valence-electron chi connectivity index (χ4n) is 3.55. The predicted molar refractivity (Wildman–Crippen MR) is 80.4 cm³/mol. The molecular weight excluding hydrogens is 298 g/mol. The lowest BCUT2D eigenvalue weighted by molar-refractivity contribution is -0.149. The number of esters is 1. The standard InChI is InChI=1S/C17H19NO5/c1-18(16(21)23-10-11-6-4-3-5-7-11)14-8-13(19)12-9-17(12,14)15(20)22-2/h3-7,12,14H,8-10H2,1-2H3. The van der Waals surface area contributed by atoms with Gasteiger partial charge in [0.25, 0.3) is 0 Å². The summed E-state index contributed by atoms with van der Waals surface area (Å²) in [4.78, 5) is 37.7. The van der Waals surface area contributed by atoms with Crippen LogP contribution in [0.15, 0.2) is 30.3 Å². The maximum Gasteiger partial charge on any atom is 0.410 e. The molecule has 2 fully saturated rings. The molecule has 3 atom stereocenters. The van der Waals surface area contributed by atoms with Gasteiger partial charge in [-0.25, -0.2) is 4.79 Å². The van der Waals surface area contributed by atoms with Crippen molar-refractivity contribution in [3.8, 4) is 0 Å². The average molecular weight is 317 g/mol. The minimum Gasteiger partial charge on any atom is -0.469 e. The van der Waals surface area contributed by atoms with Crippen molar-refractivity contribution in [2.75, 3.05) is 14.2 Å². The molecule has 1 amide bonds. The van der Waals surface area contributed by atoms with Gasteiger partial charge in [0.2, 0.25) is 0 Å². The summed E-state index contributed by atoms with van der Waals surface area (Å²) in [6, 6.07) is 8.84. The molecule has 6 nitrogen and oxygen atoms in total. The average Bonchev–Trinajstić information content (AvgIpc) is 3.27. The van der Waals surface area contributed by atoms with Crippen LogP contribution in [-0.2, 0) is 25.7 Å². The van der Waals surface area contributed by atoms with E-state index in [9.17, 15) is 14.4 Å². The van der Waals surface area contributed by atoms with Gasteiger partial charge >= 0.3 is 12.1 Å². The van der Waals surface area contributed by atoms with E-state index >= 15 is 0 Å². The van der Waals surface area contributed by atoms with E-state index in [1.807, 2.05) is 30.3 Å². The van der Waals surface area contributed by atoms with Crippen molar-refractivity contribution in [3.05, 3.63) is 35.9 Å². The van der Waals surface area contributed by atoms with Crippen LogP contribution in [0.3, 0.4) is 0 Å². The zero-order valence-corrected chi connectivity index (χ0v) is 13.2. The van der Waals surface area contributed by atoms with E-state index in [-0.39, 0.29) is 24.7 Å². The maximum absolute atomic E-state index is 12.3. The molecule has 6 heteroatoms. The molecule has 2 aliphatic rings. The largest absolute Gasteiger partial charge is 0.469 e. The third kappa shape index (κ3) is 2.48. The summed E-state index contributed by atoms with van der Waals surface area (Å²) in [5.41, 5.74) is 0.00975. The molecule has 2 saturated carbocycles. The summed E-state index contributed by atoms with van der Waals surface area (Å²) in [7, 11) is 2.87. The SMILES string of the molecule is COC(=O)C12CC1C(=O)CC2N(C)C(=O)OCc1ccccc1. The Hall–Kier alpha value is -2.37. The second kappa shape index (κ2) is 5.68. The molecule has 0 heterocycles. The normalized spacial score (nSPS) is 28.0. The van der Waals surface area contributed by atoms with Gasteiger partial charge in [0.15, 0.2) is 0 Å². The molecule has 3 unspecified atom stereocenters. The van der Waals surface area contributed by atoms with Gasteiger partial charge in [-0.3, -0.25) is 9.59 Å². The summed E-state index contributed by atoms with van der Waals surface area (Å²) in [6.45, 7) is 0.152. The van der Waals surface area contributed by atoms with E-state index in [1.165, 1.54) is 12.0 Å². The van der Waals surface area contributed by atoms with Crippen LogP contribution in [0.1, 0.15) is 18.4 Å². The molecule has 122 valence electrons. The van der Waals surface area contributed by atoms with Crippen LogP contribution in [0.5, 0.6) is 0 Å². The van der Waals surface area contributed by atoms with E-state index in [2.05, 4.69) is 0 Å². The monoisotopic (exact) mass is 317 g/mol. The lowest BCUT2D eigenvalue weighted by atomic mass is 9.97. The van der Waals surface area contributed by atoms with Gasteiger partial charge in [0.1, 0.15) is 12.4 Å². The summed E-state index contributed by atoms with van der Waals surface area (Å²) >= 11 is 0. The molecule has 0 radical (unpaired) electrons. The number of fused-ring (bicyclic) bond motifs is 1. The Labute approximate surface area is 134 Å². The Morgan fingerprint density at radius 1 is 1.30 bits per heavy atom. The highest BCUT2D eigenvalue weighted by Gasteiger charge is 2.74. The molecule has 1 aromatic carbocycles. The van der Waals surface area contributed by atoms with Crippen LogP contribution in [0.4, 0.5) is 4.79 Å². The molecule has 23 heavy (non-hydrogen) atoms. The van der Waals surface area contributed by atoms with E-state index in [0.717, 1.165) is 5.56 Å². The fourth-order valence-corrected chi connectivity index (χ4v) is 3.55. The highest BCUT2D eigenvalue weighted by Crippen LogP contribution is 2.63. The molecule has 0 N–H and O–H groups in total. The highest BCUT2D eigenvalue weighted by molar-refractivity contribution is 6.00.